The van der Waals surface area contributed by atoms with Crippen molar-refractivity contribution in [2.45, 2.75) is 425 Å². The molecule has 0 aliphatic heterocycles. The van der Waals surface area contributed by atoms with E-state index in [4.69, 9.17) is 14.2 Å². The van der Waals surface area contributed by atoms with Crippen molar-refractivity contribution in [3.8, 4) is 0 Å². The minimum atomic E-state index is -0.770. The van der Waals surface area contributed by atoms with E-state index in [0.717, 1.165) is 64.2 Å². The third-order valence-electron chi connectivity index (χ3n) is 16.9. The Hall–Kier alpha value is -2.11. The zero-order valence-corrected chi connectivity index (χ0v) is 55.1. The van der Waals surface area contributed by atoms with Gasteiger partial charge in [0.05, 0.1) is 0 Å². The highest BCUT2D eigenvalue weighted by Crippen LogP contribution is 2.19. The molecule has 0 aliphatic rings. The Morgan fingerprint density at radius 1 is 0.235 bits per heavy atom. The van der Waals surface area contributed by atoms with Crippen LogP contribution in [0.2, 0.25) is 0 Å². The molecule has 0 aromatic rings. The topological polar surface area (TPSA) is 78.9 Å². The van der Waals surface area contributed by atoms with Crippen molar-refractivity contribution >= 4 is 17.9 Å². The first-order chi connectivity index (χ1) is 40.0. The molecule has 478 valence electrons. The highest BCUT2D eigenvalue weighted by Gasteiger charge is 2.20. The Balaban J connectivity index is 4.06. The number of carbonyl (C=O) groups is 3. The number of hydrogen-bond donors (Lipinski definition) is 0. The maximum absolute atomic E-state index is 12.9. The lowest BCUT2D eigenvalue weighted by Gasteiger charge is -2.18. The minimum absolute atomic E-state index is 0.0672. The quantitative estimate of drug-likeness (QED) is 0.0261. The van der Waals surface area contributed by atoms with E-state index in [1.165, 1.54) is 315 Å². The van der Waals surface area contributed by atoms with Crippen LogP contribution >= 0.6 is 0 Å². The average molecular weight is 1140 g/mol. The summed E-state index contributed by atoms with van der Waals surface area (Å²) in [5, 5.41) is 0. The third-order valence-corrected chi connectivity index (χ3v) is 16.9. The number of ether oxygens (including phenoxy) is 3. The Kier molecular flexibility index (Phi) is 68.5. The van der Waals surface area contributed by atoms with Gasteiger partial charge in [-0.3, -0.25) is 14.4 Å². The lowest BCUT2D eigenvalue weighted by atomic mass is 10.0. The highest BCUT2D eigenvalue weighted by atomic mass is 16.6. The fourth-order valence-corrected chi connectivity index (χ4v) is 11.4. The van der Waals surface area contributed by atoms with Crippen LogP contribution in [0, 0.1) is 0 Å². The average Bonchev–Trinajstić information content (AvgIpc) is 3.47. The van der Waals surface area contributed by atoms with Gasteiger partial charge in [0, 0.05) is 19.3 Å². The van der Waals surface area contributed by atoms with Gasteiger partial charge in [0.2, 0.25) is 0 Å². The van der Waals surface area contributed by atoms with Gasteiger partial charge in [0.1, 0.15) is 13.2 Å². The molecule has 0 fully saturated rings. The maximum atomic E-state index is 12.9. The molecule has 6 heteroatoms. The van der Waals surface area contributed by atoms with Crippen LogP contribution in [0.1, 0.15) is 419 Å². The normalized spacial score (nSPS) is 12.1. The molecule has 81 heavy (non-hydrogen) atoms. The number of unbranched alkanes of at least 4 members (excludes halogenated alkanes) is 54. The number of hydrogen-bond acceptors (Lipinski definition) is 6. The van der Waals surface area contributed by atoms with Crippen molar-refractivity contribution in [3.63, 3.8) is 0 Å². The van der Waals surface area contributed by atoms with Crippen molar-refractivity contribution in [1.29, 1.82) is 0 Å². The molecule has 0 aromatic heterocycles. The van der Waals surface area contributed by atoms with E-state index in [0.29, 0.717) is 19.3 Å². The second-order valence-electron chi connectivity index (χ2n) is 25.2. The Morgan fingerprint density at radius 2 is 0.420 bits per heavy atom. The predicted molar refractivity (Wildman–Crippen MR) is 353 cm³/mol. The summed E-state index contributed by atoms with van der Waals surface area (Å²) in [6, 6.07) is 0. The predicted octanol–water partition coefficient (Wildman–Crippen LogP) is 25.3. The van der Waals surface area contributed by atoms with E-state index < -0.39 is 6.10 Å². The number of allylic oxidation sites excluding steroid dienone is 4. The van der Waals surface area contributed by atoms with Gasteiger partial charge in [-0.15, -0.1) is 0 Å². The van der Waals surface area contributed by atoms with E-state index in [-0.39, 0.29) is 31.1 Å². The Morgan fingerprint density at radius 3 is 0.654 bits per heavy atom. The van der Waals surface area contributed by atoms with Gasteiger partial charge in [-0.2, -0.15) is 0 Å². The molecule has 1 unspecified atom stereocenters. The monoisotopic (exact) mass is 1140 g/mol. The van der Waals surface area contributed by atoms with E-state index in [1.54, 1.807) is 0 Å². The molecule has 6 nitrogen and oxygen atoms in total. The molecule has 0 amide bonds. The Labute approximate surface area is 506 Å². The zero-order chi connectivity index (χ0) is 58.5. The van der Waals surface area contributed by atoms with Crippen LogP contribution in [0.4, 0.5) is 0 Å². The summed E-state index contributed by atoms with van der Waals surface area (Å²) in [4.78, 5) is 38.3. The van der Waals surface area contributed by atoms with E-state index in [1.807, 2.05) is 0 Å². The summed E-state index contributed by atoms with van der Waals surface area (Å²) in [5.74, 6) is -0.846. The fraction of sp³-hybridized carbons (Fsp3) is 0.907. The van der Waals surface area contributed by atoms with Gasteiger partial charge < -0.3 is 14.2 Å². The van der Waals surface area contributed by atoms with Crippen LogP contribution in [0.5, 0.6) is 0 Å². The zero-order valence-electron chi connectivity index (χ0n) is 55.1. The lowest BCUT2D eigenvalue weighted by Crippen LogP contribution is -2.30. The summed E-state index contributed by atoms with van der Waals surface area (Å²) < 4.78 is 17.0. The standard InChI is InChI=1S/C75H142O6/c1-4-7-10-13-16-19-22-24-26-28-30-31-32-33-34-35-36-37-38-39-40-41-42-43-45-46-48-50-53-56-59-62-65-68-74(77)80-71-72(70-79-73(76)67-64-61-58-55-52-21-18-15-12-9-6-3)81-75(78)69-66-63-60-57-54-51-49-47-44-29-27-25-23-20-17-14-11-8-5-2/h15,18,28,30,72H,4-14,16-17,19-27,29,31-71H2,1-3H3/b18-15-,30-28-. The lowest BCUT2D eigenvalue weighted by molar-refractivity contribution is -0.167. The molecule has 0 N–H and O–H groups in total. The molecular formula is C75H142O6. The molecule has 0 aromatic carbocycles. The van der Waals surface area contributed by atoms with E-state index in [2.05, 4.69) is 45.1 Å². The van der Waals surface area contributed by atoms with Gasteiger partial charge in [0.25, 0.3) is 0 Å². The summed E-state index contributed by atoms with van der Waals surface area (Å²) in [7, 11) is 0. The van der Waals surface area contributed by atoms with Crippen molar-refractivity contribution in [3.05, 3.63) is 24.3 Å². The van der Waals surface area contributed by atoms with Gasteiger partial charge in [-0.05, 0) is 64.2 Å². The van der Waals surface area contributed by atoms with Gasteiger partial charge >= 0.3 is 17.9 Å². The van der Waals surface area contributed by atoms with Crippen molar-refractivity contribution in [2.75, 3.05) is 13.2 Å². The molecule has 0 saturated carbocycles. The first kappa shape index (κ1) is 78.9. The number of carbonyl (C=O) groups excluding carboxylic acids is 3. The van der Waals surface area contributed by atoms with Crippen molar-refractivity contribution in [2.24, 2.45) is 0 Å². The molecule has 0 radical (unpaired) electrons. The summed E-state index contributed by atoms with van der Waals surface area (Å²) in [5.41, 5.74) is 0. The van der Waals surface area contributed by atoms with Crippen LogP contribution < -0.4 is 0 Å². The minimum Gasteiger partial charge on any atom is -0.462 e. The maximum Gasteiger partial charge on any atom is 0.306 e. The van der Waals surface area contributed by atoms with Crippen LogP contribution in [-0.4, -0.2) is 37.2 Å². The second kappa shape index (κ2) is 70.4. The van der Waals surface area contributed by atoms with Crippen molar-refractivity contribution in [1.82, 2.24) is 0 Å². The van der Waals surface area contributed by atoms with Gasteiger partial charge in [-0.25, -0.2) is 0 Å². The first-order valence-electron chi connectivity index (χ1n) is 36.8. The molecule has 0 aliphatic carbocycles. The van der Waals surface area contributed by atoms with Crippen LogP contribution in [0.25, 0.3) is 0 Å². The second-order valence-corrected chi connectivity index (χ2v) is 25.2. The molecule has 0 rings (SSSR count). The molecule has 0 spiro atoms. The van der Waals surface area contributed by atoms with Crippen LogP contribution in [0.15, 0.2) is 24.3 Å². The summed E-state index contributed by atoms with van der Waals surface area (Å²) in [6.45, 7) is 6.68. The SMILES string of the molecule is CCCC/C=C\CCCCCCCC(=O)OCC(COC(=O)CCCCCCCCCCCCCCCCCCCCCCC/C=C\CCCCCCCCCC)OC(=O)CCCCCCCCCCCCCCCCCCCCC. The summed E-state index contributed by atoms with van der Waals surface area (Å²) in [6.07, 6.45) is 86.7. The molecular weight excluding hydrogens is 997 g/mol. The number of rotatable bonds is 69. The Bertz CT molecular complexity index is 1310. The van der Waals surface area contributed by atoms with Gasteiger partial charge in [-0.1, -0.05) is 360 Å². The highest BCUT2D eigenvalue weighted by molar-refractivity contribution is 5.71. The smallest absolute Gasteiger partial charge is 0.306 e. The van der Waals surface area contributed by atoms with Crippen LogP contribution in [-0.2, 0) is 28.6 Å². The van der Waals surface area contributed by atoms with E-state index >= 15 is 0 Å². The molecule has 0 bridgehead atoms. The third kappa shape index (κ3) is 68.6. The largest absolute Gasteiger partial charge is 0.462 e. The van der Waals surface area contributed by atoms with Crippen molar-refractivity contribution < 1.29 is 28.6 Å². The van der Waals surface area contributed by atoms with Crippen LogP contribution in [0.3, 0.4) is 0 Å². The molecule has 0 heterocycles. The first-order valence-corrected chi connectivity index (χ1v) is 36.8. The fourth-order valence-electron chi connectivity index (χ4n) is 11.4. The van der Waals surface area contributed by atoms with E-state index in [9.17, 15) is 14.4 Å². The number of esters is 3. The van der Waals surface area contributed by atoms with Gasteiger partial charge in [0.15, 0.2) is 6.10 Å². The molecule has 0 saturated heterocycles. The summed E-state index contributed by atoms with van der Waals surface area (Å²) >= 11 is 0. The molecule has 1 atom stereocenters.